The molecule has 0 bridgehead atoms. The quantitative estimate of drug-likeness (QED) is 0.412. The Morgan fingerprint density at radius 1 is 0.533 bits per heavy atom. The van der Waals surface area contributed by atoms with Crippen molar-refractivity contribution in [3.8, 4) is 0 Å². The predicted octanol–water partition coefficient (Wildman–Crippen LogP) is 7.50. The van der Waals surface area contributed by atoms with Crippen molar-refractivity contribution in [1.82, 2.24) is 0 Å². The molecule has 0 N–H and O–H groups in total. The van der Waals surface area contributed by atoms with Gasteiger partial charge in [-0.3, -0.25) is 0 Å². The van der Waals surface area contributed by atoms with Crippen LogP contribution in [0.25, 0.3) is 0 Å². The lowest BCUT2D eigenvalue weighted by molar-refractivity contribution is 0.0228. The van der Waals surface area contributed by atoms with Crippen LogP contribution in [0.4, 0.5) is 0 Å². The Kier molecular flexibility index (Phi) is 4.83. The van der Waals surface area contributed by atoms with Gasteiger partial charge in [-0.15, -0.1) is 0 Å². The van der Waals surface area contributed by atoms with E-state index in [0.29, 0.717) is 34.9 Å². The third-order valence-electron chi connectivity index (χ3n) is 9.88. The summed E-state index contributed by atoms with van der Waals surface area (Å²) in [5, 5.41) is 0. The van der Waals surface area contributed by atoms with Crippen LogP contribution in [0.2, 0.25) is 0 Å². The molecule has 0 radical (unpaired) electrons. The molecule has 0 aromatic rings. The van der Waals surface area contributed by atoms with Gasteiger partial charge in [0.2, 0.25) is 0 Å². The van der Waals surface area contributed by atoms with Gasteiger partial charge in [0, 0.05) is 0 Å². The predicted molar refractivity (Wildman–Crippen MR) is 125 cm³/mol. The van der Waals surface area contributed by atoms with Gasteiger partial charge in [-0.25, -0.2) is 0 Å². The second kappa shape index (κ2) is 6.28. The Labute approximate surface area is 187 Å². The second-order valence-electron chi connectivity index (χ2n) is 15.7. The van der Waals surface area contributed by atoms with Crippen LogP contribution in [-0.4, -0.2) is 23.4 Å². The Bertz CT molecular complexity index is 621. The average Bonchev–Trinajstić information content (AvgIpc) is 3.41. The first-order chi connectivity index (χ1) is 13.3. The lowest BCUT2D eigenvalue weighted by atomic mass is 9.53. The first-order valence-corrected chi connectivity index (χ1v) is 12.7. The zero-order chi connectivity index (χ0) is 22.7. The molecule has 0 amide bonds. The van der Waals surface area contributed by atoms with E-state index in [4.69, 9.17) is 9.47 Å². The van der Waals surface area contributed by atoms with Crippen molar-refractivity contribution in [3.63, 3.8) is 0 Å². The number of hydrogen-bond acceptors (Lipinski definition) is 2. The maximum Gasteiger partial charge on any atom is 0.100 e. The summed E-state index contributed by atoms with van der Waals surface area (Å²) in [4.78, 5) is 0. The third kappa shape index (κ3) is 3.33. The summed E-state index contributed by atoms with van der Waals surface area (Å²) in [6, 6.07) is 0. The normalized spacial score (nSPS) is 46.8. The standard InChI is InChI=1S/C28H50O2/c1-23(2,3)19-13-17(15-27(21(19)29-27)25(7,8)9)18-14-20(24(4,5)6)22-28(16-18,30-22)26(10,11)12/h17-22H,13-16H2,1-12H3. The van der Waals surface area contributed by atoms with Crippen LogP contribution in [-0.2, 0) is 9.47 Å². The third-order valence-corrected chi connectivity index (χ3v) is 9.88. The summed E-state index contributed by atoms with van der Waals surface area (Å²) >= 11 is 0. The summed E-state index contributed by atoms with van der Waals surface area (Å²) in [5.74, 6) is 2.82. The van der Waals surface area contributed by atoms with Crippen LogP contribution in [0.15, 0.2) is 0 Å². The molecule has 2 aliphatic heterocycles. The van der Waals surface area contributed by atoms with Crippen molar-refractivity contribution in [3.05, 3.63) is 0 Å². The van der Waals surface area contributed by atoms with Gasteiger partial charge in [-0.05, 0) is 71.0 Å². The van der Waals surface area contributed by atoms with Gasteiger partial charge in [0.15, 0.2) is 0 Å². The van der Waals surface area contributed by atoms with Gasteiger partial charge in [-0.2, -0.15) is 0 Å². The second-order valence-corrected chi connectivity index (χ2v) is 15.7. The van der Waals surface area contributed by atoms with E-state index >= 15 is 0 Å². The van der Waals surface area contributed by atoms with Gasteiger partial charge >= 0.3 is 0 Å². The summed E-state index contributed by atoms with van der Waals surface area (Å²) in [6.07, 6.45) is 6.08. The molecular formula is C28H50O2. The van der Waals surface area contributed by atoms with E-state index in [1.807, 2.05) is 0 Å². The highest BCUT2D eigenvalue weighted by Gasteiger charge is 2.73. The SMILES string of the molecule is CC(C)(C)C1CC(C2CC(C(C)(C)C)C3OC3(C(C)(C)C)C2)CC2(C(C)(C)C)OC12. The van der Waals surface area contributed by atoms with Gasteiger partial charge < -0.3 is 9.47 Å². The van der Waals surface area contributed by atoms with Crippen LogP contribution in [0.3, 0.4) is 0 Å². The highest BCUT2D eigenvalue weighted by Crippen LogP contribution is 2.69. The fraction of sp³-hybridized carbons (Fsp3) is 1.00. The maximum atomic E-state index is 6.68. The van der Waals surface area contributed by atoms with Gasteiger partial charge in [-0.1, -0.05) is 83.1 Å². The minimum Gasteiger partial charge on any atom is -0.365 e. The zero-order valence-corrected chi connectivity index (χ0v) is 22.1. The Balaban J connectivity index is 1.66. The van der Waals surface area contributed by atoms with Gasteiger partial charge in [0.05, 0.1) is 12.2 Å². The van der Waals surface area contributed by atoms with Crippen molar-refractivity contribution in [2.75, 3.05) is 0 Å². The molecule has 2 heterocycles. The Morgan fingerprint density at radius 3 is 1.07 bits per heavy atom. The molecule has 30 heavy (non-hydrogen) atoms. The molecule has 0 aromatic carbocycles. The molecule has 2 nitrogen and oxygen atoms in total. The van der Waals surface area contributed by atoms with Crippen molar-refractivity contribution < 1.29 is 9.47 Å². The van der Waals surface area contributed by atoms with E-state index in [9.17, 15) is 0 Å². The lowest BCUT2D eigenvalue weighted by Gasteiger charge is -2.48. The van der Waals surface area contributed by atoms with Crippen LogP contribution in [0, 0.1) is 45.3 Å². The summed E-state index contributed by atoms with van der Waals surface area (Å²) in [7, 11) is 0. The van der Waals surface area contributed by atoms with Crippen molar-refractivity contribution in [1.29, 1.82) is 0 Å². The molecule has 0 aromatic heterocycles. The summed E-state index contributed by atoms with van der Waals surface area (Å²) in [5.41, 5.74) is 1.18. The molecule has 8 unspecified atom stereocenters. The number of ether oxygens (including phenoxy) is 2. The number of rotatable bonds is 1. The highest BCUT2D eigenvalue weighted by molar-refractivity contribution is 5.21. The van der Waals surface area contributed by atoms with Crippen LogP contribution in [0.5, 0.6) is 0 Å². The maximum absolute atomic E-state index is 6.68. The fourth-order valence-corrected chi connectivity index (χ4v) is 7.53. The largest absolute Gasteiger partial charge is 0.365 e. The van der Waals surface area contributed by atoms with E-state index in [1.165, 1.54) is 25.7 Å². The smallest absolute Gasteiger partial charge is 0.100 e. The van der Waals surface area contributed by atoms with Crippen LogP contribution < -0.4 is 0 Å². The zero-order valence-electron chi connectivity index (χ0n) is 22.1. The molecule has 4 rings (SSSR count). The average molecular weight is 419 g/mol. The monoisotopic (exact) mass is 418 g/mol. The van der Waals surface area contributed by atoms with E-state index in [0.717, 1.165) is 11.8 Å². The molecule has 2 aliphatic carbocycles. The minimum absolute atomic E-state index is 0.0846. The molecule has 8 atom stereocenters. The summed E-state index contributed by atoms with van der Waals surface area (Å²) < 4.78 is 13.4. The number of fused-ring (bicyclic) bond motifs is 2. The molecule has 174 valence electrons. The van der Waals surface area contributed by atoms with Crippen LogP contribution >= 0.6 is 0 Å². The Morgan fingerprint density at radius 2 is 0.833 bits per heavy atom. The fourth-order valence-electron chi connectivity index (χ4n) is 7.53. The minimum atomic E-state index is 0.0846. The first-order valence-electron chi connectivity index (χ1n) is 12.7. The molecule has 4 aliphatic rings. The number of hydrogen-bond donors (Lipinski definition) is 0. The van der Waals surface area contributed by atoms with Crippen molar-refractivity contribution in [2.45, 2.75) is 132 Å². The highest BCUT2D eigenvalue weighted by atomic mass is 16.6. The van der Waals surface area contributed by atoms with E-state index in [1.54, 1.807) is 0 Å². The molecular weight excluding hydrogens is 368 g/mol. The topological polar surface area (TPSA) is 25.1 Å². The molecule has 2 heteroatoms. The van der Waals surface area contributed by atoms with Crippen molar-refractivity contribution >= 4 is 0 Å². The molecule has 2 saturated heterocycles. The van der Waals surface area contributed by atoms with E-state index in [-0.39, 0.29) is 22.0 Å². The molecule has 4 fully saturated rings. The molecule has 0 spiro atoms. The lowest BCUT2D eigenvalue weighted by Crippen LogP contribution is -2.50. The molecule has 2 saturated carbocycles. The van der Waals surface area contributed by atoms with E-state index < -0.39 is 0 Å². The first kappa shape index (κ1) is 23.1. The summed E-state index contributed by atoms with van der Waals surface area (Å²) in [6.45, 7) is 29.1. The van der Waals surface area contributed by atoms with E-state index in [2.05, 4.69) is 83.1 Å². The van der Waals surface area contributed by atoms with Crippen LogP contribution in [0.1, 0.15) is 109 Å². The van der Waals surface area contributed by atoms with Gasteiger partial charge in [0.25, 0.3) is 0 Å². The Hall–Kier alpha value is -0.0800. The van der Waals surface area contributed by atoms with Crippen molar-refractivity contribution in [2.24, 2.45) is 45.3 Å². The van der Waals surface area contributed by atoms with Gasteiger partial charge in [0.1, 0.15) is 11.2 Å². The number of epoxide rings is 2.